The number of halogens is 3. The molecule has 35 heavy (non-hydrogen) atoms. The fraction of sp³-hybridized carbons (Fsp3) is 0.500. The Hall–Kier alpha value is -1.67. The van der Waals surface area contributed by atoms with Gasteiger partial charge in [-0.2, -0.15) is 0 Å². The molecule has 0 unspecified atom stereocenters. The molecule has 0 atom stereocenters. The molecule has 1 amide bonds. The van der Waals surface area contributed by atoms with E-state index in [1.54, 1.807) is 20.8 Å². The number of carbonyl (C=O) groups excluding carboxylic acids is 1. The van der Waals surface area contributed by atoms with Crippen molar-refractivity contribution in [2.45, 2.75) is 56.1 Å². The minimum Gasteiger partial charge on any atom is -0.381 e. The van der Waals surface area contributed by atoms with Crippen LogP contribution in [0.3, 0.4) is 0 Å². The lowest BCUT2D eigenvalue weighted by atomic mass is 9.89. The fourth-order valence-corrected chi connectivity index (χ4v) is 7.09. The number of carbonyl (C=O) groups is 1. The van der Waals surface area contributed by atoms with E-state index in [0.717, 1.165) is 12.8 Å². The van der Waals surface area contributed by atoms with Gasteiger partial charge in [0, 0.05) is 30.2 Å². The van der Waals surface area contributed by atoms with Gasteiger partial charge in [0.25, 0.3) is 0 Å². The van der Waals surface area contributed by atoms with E-state index in [9.17, 15) is 13.2 Å². The van der Waals surface area contributed by atoms with E-state index in [-0.39, 0.29) is 53.1 Å². The first-order valence-electron chi connectivity index (χ1n) is 11.8. The molecule has 0 N–H and O–H groups in total. The summed E-state index contributed by atoms with van der Waals surface area (Å²) in [7, 11) is -3.95. The molecule has 1 aliphatic carbocycles. The molecule has 1 saturated heterocycles. The molecular formula is C26H30Cl2FNO4S. The van der Waals surface area contributed by atoms with Crippen LogP contribution in [0.15, 0.2) is 41.3 Å². The van der Waals surface area contributed by atoms with Crippen LogP contribution in [0.2, 0.25) is 10.0 Å². The van der Waals surface area contributed by atoms with Crippen LogP contribution in [-0.4, -0.2) is 34.1 Å². The number of hydrogen-bond acceptors (Lipinski definition) is 4. The van der Waals surface area contributed by atoms with Gasteiger partial charge in [-0.15, -0.1) is 0 Å². The monoisotopic (exact) mass is 541 g/mol. The molecule has 1 aliphatic heterocycles. The summed E-state index contributed by atoms with van der Waals surface area (Å²) in [6.07, 6.45) is 2.26. The summed E-state index contributed by atoms with van der Waals surface area (Å²) < 4.78 is 47.7. The van der Waals surface area contributed by atoms with Crippen molar-refractivity contribution in [2.75, 3.05) is 24.7 Å². The van der Waals surface area contributed by atoms with Crippen molar-refractivity contribution >= 4 is 44.6 Å². The normalized spacial score (nSPS) is 18.3. The van der Waals surface area contributed by atoms with Gasteiger partial charge in [0.2, 0.25) is 5.91 Å². The second kappa shape index (κ2) is 9.66. The Balaban J connectivity index is 1.83. The molecule has 190 valence electrons. The first-order chi connectivity index (χ1) is 16.4. The number of anilines is 1. The molecule has 9 heteroatoms. The Bertz CT molecular complexity index is 1190. The number of rotatable bonds is 6. The Morgan fingerprint density at radius 1 is 1.11 bits per heavy atom. The van der Waals surface area contributed by atoms with Gasteiger partial charge in [-0.25, -0.2) is 12.8 Å². The molecular weight excluding hydrogens is 512 g/mol. The van der Waals surface area contributed by atoms with Crippen molar-refractivity contribution < 1.29 is 22.3 Å². The van der Waals surface area contributed by atoms with Crippen LogP contribution in [0.5, 0.6) is 0 Å². The van der Waals surface area contributed by atoms with Crippen LogP contribution in [-0.2, 0) is 24.1 Å². The lowest BCUT2D eigenvalue weighted by Gasteiger charge is -2.38. The van der Waals surface area contributed by atoms with Crippen LogP contribution < -0.4 is 4.90 Å². The van der Waals surface area contributed by atoms with Crippen LogP contribution >= 0.6 is 23.2 Å². The molecule has 2 aliphatic rings. The maximum absolute atomic E-state index is 15.8. The van der Waals surface area contributed by atoms with E-state index in [0.29, 0.717) is 17.5 Å². The van der Waals surface area contributed by atoms with Gasteiger partial charge in [-0.1, -0.05) is 44.0 Å². The molecule has 1 saturated carbocycles. The number of hydrogen-bond donors (Lipinski definition) is 0. The van der Waals surface area contributed by atoms with Crippen LogP contribution in [0.4, 0.5) is 10.1 Å². The molecule has 0 radical (unpaired) electrons. The predicted molar refractivity (Wildman–Crippen MR) is 136 cm³/mol. The first kappa shape index (κ1) is 26.4. The van der Waals surface area contributed by atoms with Crippen molar-refractivity contribution in [1.29, 1.82) is 0 Å². The minimum absolute atomic E-state index is 0.00772. The average molecular weight is 543 g/mol. The zero-order valence-corrected chi connectivity index (χ0v) is 22.4. The van der Waals surface area contributed by atoms with Gasteiger partial charge in [0.1, 0.15) is 10.6 Å². The number of amides is 1. The molecule has 0 spiro atoms. The SMILES string of the molecule is CC(C)(C)C(=O)N(CC1CC1)c1c(F)cc(C2(S(=O)(=O)c3ccc(Cl)cc3)CCOCC2)cc1Cl. The highest BCUT2D eigenvalue weighted by molar-refractivity contribution is 7.92. The molecule has 0 bridgehead atoms. The van der Waals surface area contributed by atoms with E-state index in [1.807, 2.05) is 0 Å². The number of benzene rings is 2. The maximum Gasteiger partial charge on any atom is 0.232 e. The molecule has 1 heterocycles. The summed E-state index contributed by atoms with van der Waals surface area (Å²) in [5.41, 5.74) is -0.465. The zero-order chi connectivity index (χ0) is 25.6. The molecule has 2 fully saturated rings. The fourth-order valence-electron chi connectivity index (χ4n) is 4.58. The zero-order valence-electron chi connectivity index (χ0n) is 20.1. The van der Waals surface area contributed by atoms with E-state index < -0.39 is 25.8 Å². The highest BCUT2D eigenvalue weighted by atomic mass is 35.5. The standard InChI is InChI=1S/C26H30Cl2FNO4S/c1-25(2,3)24(31)30(16-17-4-5-17)23-21(28)14-18(15-22(23)29)26(10-12-34-13-11-26)35(32,33)20-8-6-19(27)7-9-20/h6-9,14-15,17H,4-5,10-13,16H2,1-3H3. The van der Waals surface area contributed by atoms with E-state index in [4.69, 9.17) is 27.9 Å². The quantitative estimate of drug-likeness (QED) is 0.424. The summed E-state index contributed by atoms with van der Waals surface area (Å²) in [6, 6.07) is 8.70. The summed E-state index contributed by atoms with van der Waals surface area (Å²) in [5, 5.41) is 0.443. The number of ether oxygens (including phenoxy) is 1. The number of nitrogens with zero attached hydrogens (tertiary/aromatic N) is 1. The highest BCUT2D eigenvalue weighted by Gasteiger charge is 2.48. The van der Waals surface area contributed by atoms with Gasteiger partial charge in [-0.05, 0) is 73.6 Å². The molecule has 2 aromatic carbocycles. The minimum atomic E-state index is -3.95. The maximum atomic E-state index is 15.8. The lowest BCUT2D eigenvalue weighted by molar-refractivity contribution is -0.125. The van der Waals surface area contributed by atoms with Crippen molar-refractivity contribution in [2.24, 2.45) is 11.3 Å². The van der Waals surface area contributed by atoms with Crippen molar-refractivity contribution in [3.63, 3.8) is 0 Å². The van der Waals surface area contributed by atoms with E-state index in [1.165, 1.54) is 41.3 Å². The molecule has 0 aromatic heterocycles. The topological polar surface area (TPSA) is 63.7 Å². The van der Waals surface area contributed by atoms with Crippen LogP contribution in [0.1, 0.15) is 52.0 Å². The largest absolute Gasteiger partial charge is 0.381 e. The van der Waals surface area contributed by atoms with Crippen LogP contribution in [0.25, 0.3) is 0 Å². The molecule has 5 nitrogen and oxygen atoms in total. The smallest absolute Gasteiger partial charge is 0.232 e. The Morgan fingerprint density at radius 2 is 1.71 bits per heavy atom. The highest BCUT2D eigenvalue weighted by Crippen LogP contribution is 2.47. The Labute approximate surface area is 216 Å². The van der Waals surface area contributed by atoms with E-state index >= 15 is 4.39 Å². The van der Waals surface area contributed by atoms with Crippen LogP contribution in [0, 0.1) is 17.2 Å². The lowest BCUT2D eigenvalue weighted by Crippen LogP contribution is -2.43. The number of sulfone groups is 1. The Kier molecular flexibility index (Phi) is 7.28. The van der Waals surface area contributed by atoms with Gasteiger partial charge in [0.05, 0.1) is 15.6 Å². The van der Waals surface area contributed by atoms with Gasteiger partial charge < -0.3 is 9.64 Å². The summed E-state index contributed by atoms with van der Waals surface area (Å²) in [6.45, 7) is 6.16. The second-order valence-electron chi connectivity index (χ2n) is 10.5. The Morgan fingerprint density at radius 3 is 2.23 bits per heavy atom. The van der Waals surface area contributed by atoms with Crippen molar-refractivity contribution in [1.82, 2.24) is 0 Å². The third kappa shape index (κ3) is 5.10. The molecule has 2 aromatic rings. The van der Waals surface area contributed by atoms with Gasteiger partial charge in [0.15, 0.2) is 9.84 Å². The van der Waals surface area contributed by atoms with Gasteiger partial charge >= 0.3 is 0 Å². The summed E-state index contributed by atoms with van der Waals surface area (Å²) in [4.78, 5) is 14.8. The van der Waals surface area contributed by atoms with Crippen molar-refractivity contribution in [3.05, 3.63) is 57.8 Å². The first-order valence-corrected chi connectivity index (χ1v) is 14.0. The predicted octanol–water partition coefficient (Wildman–Crippen LogP) is 6.40. The average Bonchev–Trinajstić information content (AvgIpc) is 3.61. The van der Waals surface area contributed by atoms with Gasteiger partial charge in [-0.3, -0.25) is 4.79 Å². The van der Waals surface area contributed by atoms with Crippen molar-refractivity contribution in [3.8, 4) is 0 Å². The van der Waals surface area contributed by atoms with E-state index in [2.05, 4.69) is 0 Å². The summed E-state index contributed by atoms with van der Waals surface area (Å²) >= 11 is 12.6. The summed E-state index contributed by atoms with van der Waals surface area (Å²) in [5.74, 6) is -0.626. The molecule has 4 rings (SSSR count). The second-order valence-corrected chi connectivity index (χ2v) is 13.6. The third-order valence-electron chi connectivity index (χ3n) is 6.78. The third-order valence-corrected chi connectivity index (χ3v) is 9.88.